The topological polar surface area (TPSA) is 61.4 Å². The number of hydrogen-bond donors (Lipinski definition) is 2. The Morgan fingerprint density at radius 3 is 2.85 bits per heavy atom. The zero-order valence-electron chi connectivity index (χ0n) is 8.08. The van der Waals surface area contributed by atoms with Gasteiger partial charge in [0.1, 0.15) is 0 Å². The minimum Gasteiger partial charge on any atom is -0.315 e. The quantitative estimate of drug-likeness (QED) is 0.619. The van der Waals surface area contributed by atoms with E-state index in [-0.39, 0.29) is 6.04 Å². The first kappa shape index (κ1) is 10.9. The molecule has 1 rings (SSSR count). The molecule has 13 heavy (non-hydrogen) atoms. The molecule has 1 fully saturated rings. The third kappa shape index (κ3) is 2.63. The van der Waals surface area contributed by atoms with Crippen LogP contribution in [0, 0.1) is 0 Å². The molecule has 1 heterocycles. The number of hydrogen-bond acceptors (Lipinski definition) is 3. The molecule has 2 N–H and O–H groups in total. The van der Waals surface area contributed by atoms with Gasteiger partial charge >= 0.3 is 0 Å². The van der Waals surface area contributed by atoms with Crippen molar-refractivity contribution in [2.24, 2.45) is 0 Å². The van der Waals surface area contributed by atoms with Crippen LogP contribution in [0.1, 0.15) is 13.3 Å². The van der Waals surface area contributed by atoms with Crippen LogP contribution in [0.15, 0.2) is 0 Å². The van der Waals surface area contributed by atoms with E-state index >= 15 is 0 Å². The lowest BCUT2D eigenvalue weighted by atomic mass is 10.3. The average Bonchev–Trinajstić information content (AvgIpc) is 2.30. The fraction of sp³-hybridized carbons (Fsp3) is 1.00. The summed E-state index contributed by atoms with van der Waals surface area (Å²) in [5.74, 6) is 0. The smallest absolute Gasteiger partial charge is 0.279 e. The molecule has 0 aromatic heterocycles. The van der Waals surface area contributed by atoms with Gasteiger partial charge in [0, 0.05) is 26.2 Å². The maximum Gasteiger partial charge on any atom is 0.279 e. The van der Waals surface area contributed by atoms with Gasteiger partial charge in [0.25, 0.3) is 10.2 Å². The van der Waals surface area contributed by atoms with Gasteiger partial charge < -0.3 is 5.32 Å². The monoisotopic (exact) mass is 207 g/mol. The van der Waals surface area contributed by atoms with Gasteiger partial charge in [-0.25, -0.2) is 4.72 Å². The molecule has 1 aliphatic rings. The first-order chi connectivity index (χ1) is 6.08. The number of nitrogens with zero attached hydrogens (tertiary/aromatic N) is 1. The zero-order valence-corrected chi connectivity index (χ0v) is 8.89. The third-order valence-electron chi connectivity index (χ3n) is 2.23. The van der Waals surface area contributed by atoms with Gasteiger partial charge in [-0.05, 0) is 19.9 Å². The Morgan fingerprint density at radius 2 is 2.23 bits per heavy atom. The summed E-state index contributed by atoms with van der Waals surface area (Å²) in [5, 5.41) is 3.19. The van der Waals surface area contributed by atoms with Crippen LogP contribution in [0.2, 0.25) is 0 Å². The van der Waals surface area contributed by atoms with Gasteiger partial charge in [-0.1, -0.05) is 0 Å². The highest BCUT2D eigenvalue weighted by molar-refractivity contribution is 7.87. The minimum atomic E-state index is -3.25. The van der Waals surface area contributed by atoms with Crippen molar-refractivity contribution >= 4 is 10.2 Å². The molecule has 5 nitrogen and oxygen atoms in total. The predicted octanol–water partition coefficient (Wildman–Crippen LogP) is -0.866. The van der Waals surface area contributed by atoms with Gasteiger partial charge in [-0.3, -0.25) is 0 Å². The molecule has 6 heteroatoms. The first-order valence-corrected chi connectivity index (χ1v) is 5.93. The molecular formula is C7H17N3O2S. The molecule has 1 unspecified atom stereocenters. The predicted molar refractivity (Wildman–Crippen MR) is 51.6 cm³/mol. The largest absolute Gasteiger partial charge is 0.315 e. The average molecular weight is 207 g/mol. The van der Waals surface area contributed by atoms with Crippen LogP contribution >= 0.6 is 0 Å². The number of nitrogens with one attached hydrogen (secondary N) is 2. The molecule has 78 valence electrons. The summed E-state index contributed by atoms with van der Waals surface area (Å²) >= 11 is 0. The van der Waals surface area contributed by atoms with Crippen LogP contribution in [-0.4, -0.2) is 45.4 Å². The summed E-state index contributed by atoms with van der Waals surface area (Å²) in [7, 11) is -1.81. The molecule has 0 bridgehead atoms. The molecule has 0 amide bonds. The van der Waals surface area contributed by atoms with Gasteiger partial charge in [0.15, 0.2) is 0 Å². The van der Waals surface area contributed by atoms with Gasteiger partial charge in [0.2, 0.25) is 0 Å². The maximum absolute atomic E-state index is 11.5. The van der Waals surface area contributed by atoms with Gasteiger partial charge in [-0.15, -0.1) is 0 Å². The van der Waals surface area contributed by atoms with E-state index in [0.29, 0.717) is 6.54 Å². The van der Waals surface area contributed by atoms with Crippen LogP contribution in [0.25, 0.3) is 0 Å². The second-order valence-corrected chi connectivity index (χ2v) is 5.05. The lowest BCUT2D eigenvalue weighted by molar-refractivity contribution is 0.349. The standard InChI is InChI=1S/C7H17N3O2S/c1-7-6-9-4-3-5-10(7)13(11,12)8-2/h7-9H,3-6H2,1-2H3. The van der Waals surface area contributed by atoms with Gasteiger partial charge in [-0.2, -0.15) is 12.7 Å². The number of rotatable bonds is 2. The SMILES string of the molecule is CNS(=O)(=O)N1CCCNCC1C. The molecule has 0 aliphatic carbocycles. The Balaban J connectivity index is 2.75. The van der Waals surface area contributed by atoms with Crippen molar-refractivity contribution in [3.05, 3.63) is 0 Å². The van der Waals surface area contributed by atoms with Crippen LogP contribution in [-0.2, 0) is 10.2 Å². The van der Waals surface area contributed by atoms with E-state index < -0.39 is 10.2 Å². The van der Waals surface area contributed by atoms with Crippen LogP contribution in [0.3, 0.4) is 0 Å². The fourth-order valence-corrected chi connectivity index (χ4v) is 2.62. The maximum atomic E-state index is 11.5. The minimum absolute atomic E-state index is 0.0277. The second-order valence-electron chi connectivity index (χ2n) is 3.23. The van der Waals surface area contributed by atoms with E-state index in [0.717, 1.165) is 19.5 Å². The normalized spacial score (nSPS) is 27.1. The van der Waals surface area contributed by atoms with Crippen molar-refractivity contribution in [2.45, 2.75) is 19.4 Å². The van der Waals surface area contributed by atoms with Crippen LogP contribution in [0.4, 0.5) is 0 Å². The lowest BCUT2D eigenvalue weighted by Crippen LogP contribution is -2.46. The molecule has 1 saturated heterocycles. The summed E-state index contributed by atoms with van der Waals surface area (Å²) in [4.78, 5) is 0. The zero-order chi connectivity index (χ0) is 9.90. The highest BCUT2D eigenvalue weighted by atomic mass is 32.2. The summed E-state index contributed by atoms with van der Waals surface area (Å²) in [6, 6.07) is 0.0277. The summed E-state index contributed by atoms with van der Waals surface area (Å²) in [5.41, 5.74) is 0. The molecule has 0 spiro atoms. The Kier molecular flexibility index (Phi) is 3.66. The van der Waals surface area contributed by atoms with E-state index in [9.17, 15) is 8.42 Å². The van der Waals surface area contributed by atoms with E-state index in [2.05, 4.69) is 10.0 Å². The molecule has 1 aliphatic heterocycles. The van der Waals surface area contributed by atoms with Crippen molar-refractivity contribution < 1.29 is 8.42 Å². The van der Waals surface area contributed by atoms with E-state index in [4.69, 9.17) is 0 Å². The van der Waals surface area contributed by atoms with E-state index in [1.165, 1.54) is 11.4 Å². The van der Waals surface area contributed by atoms with E-state index in [1.807, 2.05) is 6.92 Å². The molecule has 0 saturated carbocycles. The molecule has 0 aromatic carbocycles. The van der Waals surface area contributed by atoms with Crippen molar-refractivity contribution in [2.75, 3.05) is 26.7 Å². The Bertz CT molecular complexity index is 252. The van der Waals surface area contributed by atoms with Crippen molar-refractivity contribution in [3.63, 3.8) is 0 Å². The highest BCUT2D eigenvalue weighted by Crippen LogP contribution is 2.07. The summed E-state index contributed by atoms with van der Waals surface area (Å²) in [6.07, 6.45) is 0.866. The van der Waals surface area contributed by atoms with Crippen LogP contribution in [0.5, 0.6) is 0 Å². The second kappa shape index (κ2) is 4.36. The van der Waals surface area contributed by atoms with E-state index in [1.54, 1.807) is 0 Å². The summed E-state index contributed by atoms with van der Waals surface area (Å²) in [6.45, 7) is 4.12. The first-order valence-electron chi connectivity index (χ1n) is 4.49. The Labute approximate surface area is 79.7 Å². The Morgan fingerprint density at radius 1 is 1.54 bits per heavy atom. The molecule has 1 atom stereocenters. The third-order valence-corrected chi connectivity index (χ3v) is 3.91. The van der Waals surface area contributed by atoms with Crippen molar-refractivity contribution in [3.8, 4) is 0 Å². The van der Waals surface area contributed by atoms with Crippen molar-refractivity contribution in [1.82, 2.24) is 14.3 Å². The lowest BCUT2D eigenvalue weighted by Gasteiger charge is -2.24. The Hall–Kier alpha value is -0.170. The molecule has 0 aromatic rings. The fourth-order valence-electron chi connectivity index (χ4n) is 1.47. The highest BCUT2D eigenvalue weighted by Gasteiger charge is 2.26. The summed E-state index contributed by atoms with van der Waals surface area (Å²) < 4.78 is 26.9. The molecule has 0 radical (unpaired) electrons. The van der Waals surface area contributed by atoms with Crippen LogP contribution < -0.4 is 10.0 Å². The van der Waals surface area contributed by atoms with Gasteiger partial charge in [0.05, 0.1) is 0 Å². The van der Waals surface area contributed by atoms with Crippen molar-refractivity contribution in [1.29, 1.82) is 0 Å². The molecular weight excluding hydrogens is 190 g/mol.